The predicted molar refractivity (Wildman–Crippen MR) is 130 cm³/mol. The van der Waals surface area contributed by atoms with E-state index in [1.54, 1.807) is 32.2 Å². The molecule has 0 amide bonds. The van der Waals surface area contributed by atoms with Gasteiger partial charge in [-0.05, 0) is 31.2 Å². The van der Waals surface area contributed by atoms with Crippen LogP contribution in [-0.4, -0.2) is 45.5 Å². The molecular formula is C22H36F2IN3O3. The van der Waals surface area contributed by atoms with Gasteiger partial charge in [-0.15, -0.1) is 24.0 Å². The molecule has 0 aliphatic carbocycles. The van der Waals surface area contributed by atoms with Gasteiger partial charge < -0.3 is 24.8 Å². The lowest BCUT2D eigenvalue weighted by molar-refractivity contribution is -0.0835. The molecule has 1 aromatic carbocycles. The lowest BCUT2D eigenvalue weighted by Gasteiger charge is -2.40. The van der Waals surface area contributed by atoms with Gasteiger partial charge in [-0.3, -0.25) is 4.99 Å². The van der Waals surface area contributed by atoms with E-state index >= 15 is 0 Å². The summed E-state index contributed by atoms with van der Waals surface area (Å²) in [5.41, 5.74) is 0.628. The zero-order valence-electron chi connectivity index (χ0n) is 19.0. The molecule has 178 valence electrons. The number of hydrogen-bond acceptors (Lipinski definition) is 4. The molecule has 2 unspecified atom stereocenters. The number of halogens is 3. The van der Waals surface area contributed by atoms with Crippen molar-refractivity contribution in [2.75, 3.05) is 26.8 Å². The highest BCUT2D eigenvalue weighted by Gasteiger charge is 2.35. The predicted octanol–water partition coefficient (Wildman–Crippen LogP) is 4.81. The van der Waals surface area contributed by atoms with Gasteiger partial charge in [0.05, 0.1) is 12.7 Å². The van der Waals surface area contributed by atoms with E-state index in [9.17, 15) is 8.78 Å². The van der Waals surface area contributed by atoms with Gasteiger partial charge in [-0.25, -0.2) is 0 Å². The molecule has 1 fully saturated rings. The topological polar surface area (TPSA) is 64.1 Å². The number of benzene rings is 1. The molecule has 1 aromatic rings. The summed E-state index contributed by atoms with van der Waals surface area (Å²) in [6.07, 6.45) is 2.31. The Morgan fingerprint density at radius 1 is 1.29 bits per heavy atom. The highest BCUT2D eigenvalue weighted by atomic mass is 127. The fraction of sp³-hybridized carbons (Fsp3) is 0.682. The largest absolute Gasteiger partial charge is 0.490 e. The van der Waals surface area contributed by atoms with Gasteiger partial charge in [0.1, 0.15) is 0 Å². The summed E-state index contributed by atoms with van der Waals surface area (Å²) in [7, 11) is 1.68. The number of rotatable bonds is 8. The van der Waals surface area contributed by atoms with Crippen LogP contribution in [0.25, 0.3) is 0 Å². The number of ether oxygens (including phenoxy) is 3. The first-order valence-electron chi connectivity index (χ1n) is 10.5. The van der Waals surface area contributed by atoms with Gasteiger partial charge in [0, 0.05) is 38.2 Å². The second-order valence-electron chi connectivity index (χ2n) is 8.42. The molecular weight excluding hydrogens is 519 g/mol. The Hall–Kier alpha value is -1.36. The Bertz CT molecular complexity index is 699. The SMILES string of the molecule is CCOc1cccc(CNC(=NC)NCC2CCCOC2C(C)(C)C)c1OC(F)F.I. The molecule has 6 nitrogen and oxygen atoms in total. The van der Waals surface area contributed by atoms with Crippen molar-refractivity contribution in [1.82, 2.24) is 10.6 Å². The van der Waals surface area contributed by atoms with Crippen LogP contribution >= 0.6 is 24.0 Å². The number of aliphatic imine (C=N–C) groups is 1. The molecule has 0 saturated carbocycles. The third-order valence-electron chi connectivity index (χ3n) is 5.07. The van der Waals surface area contributed by atoms with E-state index in [0.29, 0.717) is 29.8 Å². The van der Waals surface area contributed by atoms with Crippen molar-refractivity contribution in [3.8, 4) is 11.5 Å². The van der Waals surface area contributed by atoms with Crippen molar-refractivity contribution in [2.24, 2.45) is 16.3 Å². The highest BCUT2D eigenvalue weighted by molar-refractivity contribution is 14.0. The Morgan fingerprint density at radius 2 is 2.03 bits per heavy atom. The van der Waals surface area contributed by atoms with E-state index in [-0.39, 0.29) is 47.8 Å². The van der Waals surface area contributed by atoms with Gasteiger partial charge in [-0.2, -0.15) is 8.78 Å². The van der Waals surface area contributed by atoms with Gasteiger partial charge in [0.2, 0.25) is 0 Å². The van der Waals surface area contributed by atoms with E-state index in [4.69, 9.17) is 14.2 Å². The van der Waals surface area contributed by atoms with E-state index in [1.165, 1.54) is 0 Å². The first-order valence-corrected chi connectivity index (χ1v) is 10.5. The molecule has 1 aliphatic rings. The molecule has 0 spiro atoms. The van der Waals surface area contributed by atoms with Crippen molar-refractivity contribution >= 4 is 29.9 Å². The summed E-state index contributed by atoms with van der Waals surface area (Å²) in [4.78, 5) is 4.26. The number of hydrogen-bond donors (Lipinski definition) is 2. The average molecular weight is 555 g/mol. The normalized spacial score (nSPS) is 19.5. The number of alkyl halides is 2. The summed E-state index contributed by atoms with van der Waals surface area (Å²) < 4.78 is 42.0. The second kappa shape index (κ2) is 13.2. The number of nitrogens with zero attached hydrogens (tertiary/aromatic N) is 1. The molecule has 2 N–H and O–H groups in total. The van der Waals surface area contributed by atoms with Gasteiger partial charge in [0.25, 0.3) is 0 Å². The summed E-state index contributed by atoms with van der Waals surface area (Å²) >= 11 is 0. The third kappa shape index (κ3) is 8.59. The Labute approximate surface area is 201 Å². The zero-order valence-corrected chi connectivity index (χ0v) is 21.4. The van der Waals surface area contributed by atoms with Gasteiger partial charge in [-0.1, -0.05) is 32.9 Å². The molecule has 0 aromatic heterocycles. The minimum Gasteiger partial charge on any atom is -0.490 e. The van der Waals surface area contributed by atoms with Crippen LogP contribution in [0.5, 0.6) is 11.5 Å². The van der Waals surface area contributed by atoms with Crippen LogP contribution < -0.4 is 20.1 Å². The molecule has 0 bridgehead atoms. The van der Waals surface area contributed by atoms with Crippen LogP contribution in [0.15, 0.2) is 23.2 Å². The molecule has 2 rings (SSSR count). The molecule has 1 heterocycles. The molecule has 9 heteroatoms. The molecule has 1 saturated heterocycles. The average Bonchev–Trinajstić information content (AvgIpc) is 2.69. The van der Waals surface area contributed by atoms with Gasteiger partial charge >= 0.3 is 6.61 Å². The molecule has 1 aliphatic heterocycles. The summed E-state index contributed by atoms with van der Waals surface area (Å²) in [5.74, 6) is 1.31. The first kappa shape index (κ1) is 27.7. The van der Waals surface area contributed by atoms with E-state index < -0.39 is 6.61 Å². The van der Waals surface area contributed by atoms with Crippen LogP contribution in [0.3, 0.4) is 0 Å². The van der Waals surface area contributed by atoms with Gasteiger partial charge in [0.15, 0.2) is 17.5 Å². The summed E-state index contributed by atoms with van der Waals surface area (Å²) in [6.45, 7) is 7.60. The van der Waals surface area contributed by atoms with Crippen LogP contribution in [0.4, 0.5) is 8.78 Å². The van der Waals surface area contributed by atoms with Crippen molar-refractivity contribution in [3.05, 3.63) is 23.8 Å². The Kier molecular flexibility index (Phi) is 11.8. The Balaban J connectivity index is 0.00000480. The van der Waals surface area contributed by atoms with Crippen LogP contribution in [-0.2, 0) is 11.3 Å². The fourth-order valence-electron chi connectivity index (χ4n) is 3.83. The molecule has 31 heavy (non-hydrogen) atoms. The van der Waals surface area contributed by atoms with Crippen LogP contribution in [0, 0.1) is 11.3 Å². The molecule has 0 radical (unpaired) electrons. The fourth-order valence-corrected chi connectivity index (χ4v) is 3.83. The van der Waals surface area contributed by atoms with E-state index in [0.717, 1.165) is 26.0 Å². The van der Waals surface area contributed by atoms with Crippen molar-refractivity contribution in [2.45, 2.75) is 59.8 Å². The minimum absolute atomic E-state index is 0. The van der Waals surface area contributed by atoms with E-state index in [1.807, 2.05) is 0 Å². The maximum absolute atomic E-state index is 12.9. The number of guanidine groups is 1. The lowest BCUT2D eigenvalue weighted by atomic mass is 9.78. The summed E-state index contributed by atoms with van der Waals surface area (Å²) in [5, 5.41) is 6.53. The molecule has 2 atom stereocenters. The minimum atomic E-state index is -2.93. The van der Waals surface area contributed by atoms with Crippen LogP contribution in [0.1, 0.15) is 46.1 Å². The van der Waals surface area contributed by atoms with Crippen LogP contribution in [0.2, 0.25) is 0 Å². The number of para-hydroxylation sites is 1. The first-order chi connectivity index (χ1) is 14.3. The number of nitrogens with one attached hydrogen (secondary N) is 2. The van der Waals surface area contributed by atoms with E-state index in [2.05, 4.69) is 36.4 Å². The third-order valence-corrected chi connectivity index (χ3v) is 5.07. The smallest absolute Gasteiger partial charge is 0.387 e. The Morgan fingerprint density at radius 3 is 2.65 bits per heavy atom. The standard InChI is InChI=1S/C22H35F2N3O3.HI/c1-6-28-17-11-7-9-15(18(17)30-20(23)24)13-26-21(25-5)27-14-16-10-8-12-29-19(16)22(2,3)4;/h7,9,11,16,19-20H,6,8,10,12-14H2,1-5H3,(H2,25,26,27);1H. The maximum atomic E-state index is 12.9. The highest BCUT2D eigenvalue weighted by Crippen LogP contribution is 2.34. The summed E-state index contributed by atoms with van der Waals surface area (Å²) in [6, 6.07) is 5.10. The quantitative estimate of drug-likeness (QED) is 0.274. The van der Waals surface area contributed by atoms with Crippen molar-refractivity contribution in [3.63, 3.8) is 0 Å². The van der Waals surface area contributed by atoms with Crippen molar-refractivity contribution in [1.29, 1.82) is 0 Å². The maximum Gasteiger partial charge on any atom is 0.387 e. The zero-order chi connectivity index (χ0) is 22.1. The lowest BCUT2D eigenvalue weighted by Crippen LogP contribution is -2.47. The monoisotopic (exact) mass is 555 g/mol. The second-order valence-corrected chi connectivity index (χ2v) is 8.42. The van der Waals surface area contributed by atoms with Crippen molar-refractivity contribution < 1.29 is 23.0 Å².